The number of nitrogens with zero attached hydrogens (tertiary/aromatic N) is 1. The van der Waals surface area contributed by atoms with Gasteiger partial charge in [0, 0.05) is 20.6 Å². The van der Waals surface area contributed by atoms with E-state index in [4.69, 9.17) is 44.3 Å². The average Bonchev–Trinajstić information content (AvgIpc) is 3.09. The molecule has 1 heterocycles. The van der Waals surface area contributed by atoms with Gasteiger partial charge in [0.25, 0.3) is 11.1 Å². The standard InChI is InChI=1S/C25H16Cl3NO5S/c1-33-20-10-5-14(11-21(20)34-24(31)15-6-8-16(26)9-7-15)12-22-23(30)29(25(32)35-22)13-17-18(27)3-2-4-19(17)28/h2-12H,13H2,1H3/b22-12-. The highest BCUT2D eigenvalue weighted by Crippen LogP contribution is 2.37. The number of benzene rings is 3. The third kappa shape index (κ3) is 5.65. The van der Waals surface area contributed by atoms with Crippen molar-refractivity contribution in [2.75, 3.05) is 7.11 Å². The molecule has 0 N–H and O–H groups in total. The molecule has 0 bridgehead atoms. The van der Waals surface area contributed by atoms with Crippen LogP contribution in [0, 0.1) is 0 Å². The Kier molecular flexibility index (Phi) is 7.72. The van der Waals surface area contributed by atoms with E-state index in [-0.39, 0.29) is 17.2 Å². The molecule has 3 aromatic rings. The van der Waals surface area contributed by atoms with E-state index in [0.29, 0.717) is 37.5 Å². The Bertz CT molecular complexity index is 1340. The van der Waals surface area contributed by atoms with Crippen molar-refractivity contribution in [3.8, 4) is 11.5 Å². The lowest BCUT2D eigenvalue weighted by atomic mass is 10.1. The zero-order valence-electron chi connectivity index (χ0n) is 18.1. The second-order valence-corrected chi connectivity index (χ2v) is 9.52. The third-order valence-corrected chi connectivity index (χ3v) is 6.89. The summed E-state index contributed by atoms with van der Waals surface area (Å²) in [7, 11) is 1.44. The number of carbonyl (C=O) groups excluding carboxylic acids is 3. The fourth-order valence-corrected chi connectivity index (χ4v) is 4.72. The highest BCUT2D eigenvalue weighted by molar-refractivity contribution is 8.18. The number of carbonyl (C=O) groups is 3. The Balaban J connectivity index is 1.57. The summed E-state index contributed by atoms with van der Waals surface area (Å²) in [6, 6.07) is 16.0. The summed E-state index contributed by atoms with van der Waals surface area (Å²) in [6.45, 7) is -0.0485. The van der Waals surface area contributed by atoms with Crippen LogP contribution in [0.2, 0.25) is 15.1 Å². The predicted octanol–water partition coefficient (Wildman–Crippen LogP) is 7.11. The minimum absolute atomic E-state index is 0.0485. The van der Waals surface area contributed by atoms with Gasteiger partial charge in [-0.1, -0.05) is 46.9 Å². The van der Waals surface area contributed by atoms with Gasteiger partial charge in [0.2, 0.25) is 0 Å². The molecule has 0 radical (unpaired) electrons. The topological polar surface area (TPSA) is 72.9 Å². The fraction of sp³-hybridized carbons (Fsp3) is 0.0800. The van der Waals surface area contributed by atoms with Crippen LogP contribution < -0.4 is 9.47 Å². The highest BCUT2D eigenvalue weighted by atomic mass is 35.5. The molecule has 1 saturated heterocycles. The summed E-state index contributed by atoms with van der Waals surface area (Å²) in [6.07, 6.45) is 1.54. The quantitative estimate of drug-likeness (QED) is 0.186. The van der Waals surface area contributed by atoms with E-state index in [1.807, 2.05) is 0 Å². The fourth-order valence-electron chi connectivity index (χ4n) is 3.24. The van der Waals surface area contributed by atoms with Crippen LogP contribution in [-0.2, 0) is 11.3 Å². The molecule has 0 unspecified atom stereocenters. The van der Waals surface area contributed by atoms with Crippen LogP contribution in [0.3, 0.4) is 0 Å². The molecule has 2 amide bonds. The number of ether oxygens (including phenoxy) is 2. The van der Waals surface area contributed by atoms with Gasteiger partial charge in [0.15, 0.2) is 11.5 Å². The van der Waals surface area contributed by atoms with E-state index in [1.165, 1.54) is 13.2 Å². The van der Waals surface area contributed by atoms with E-state index in [0.717, 1.165) is 16.7 Å². The maximum atomic E-state index is 13.0. The number of hydrogen-bond acceptors (Lipinski definition) is 6. The van der Waals surface area contributed by atoms with Crippen molar-refractivity contribution in [2.45, 2.75) is 6.54 Å². The van der Waals surface area contributed by atoms with E-state index in [2.05, 4.69) is 0 Å². The van der Waals surface area contributed by atoms with Gasteiger partial charge in [-0.3, -0.25) is 14.5 Å². The van der Waals surface area contributed by atoms with Crippen LogP contribution in [0.4, 0.5) is 4.79 Å². The molecule has 0 aliphatic carbocycles. The average molecular weight is 549 g/mol. The molecular weight excluding hydrogens is 533 g/mol. The molecular formula is C25H16Cl3NO5S. The van der Waals surface area contributed by atoms with Gasteiger partial charge in [0.1, 0.15) is 0 Å². The molecule has 1 fully saturated rings. The van der Waals surface area contributed by atoms with Crippen LogP contribution in [0.1, 0.15) is 21.5 Å². The Morgan fingerprint density at radius 3 is 2.31 bits per heavy atom. The van der Waals surface area contributed by atoms with Crippen molar-refractivity contribution in [1.29, 1.82) is 0 Å². The van der Waals surface area contributed by atoms with Crippen molar-refractivity contribution in [1.82, 2.24) is 4.90 Å². The van der Waals surface area contributed by atoms with E-state index < -0.39 is 17.1 Å². The third-order valence-electron chi connectivity index (χ3n) is 5.02. The number of esters is 1. The number of halogens is 3. The van der Waals surface area contributed by atoms with Crippen LogP contribution in [-0.4, -0.2) is 29.1 Å². The van der Waals surface area contributed by atoms with E-state index in [9.17, 15) is 14.4 Å². The first-order chi connectivity index (χ1) is 16.8. The lowest BCUT2D eigenvalue weighted by Crippen LogP contribution is -2.27. The molecule has 6 nitrogen and oxygen atoms in total. The van der Waals surface area contributed by atoms with Crippen molar-refractivity contribution in [2.24, 2.45) is 0 Å². The predicted molar refractivity (Wildman–Crippen MR) is 137 cm³/mol. The summed E-state index contributed by atoms with van der Waals surface area (Å²) in [5, 5.41) is 0.776. The van der Waals surface area contributed by atoms with Gasteiger partial charge < -0.3 is 9.47 Å². The van der Waals surface area contributed by atoms with Crippen LogP contribution in [0.25, 0.3) is 6.08 Å². The van der Waals surface area contributed by atoms with Gasteiger partial charge >= 0.3 is 5.97 Å². The monoisotopic (exact) mass is 547 g/mol. The molecule has 10 heteroatoms. The van der Waals surface area contributed by atoms with Gasteiger partial charge in [-0.2, -0.15) is 0 Å². The van der Waals surface area contributed by atoms with E-state index >= 15 is 0 Å². The van der Waals surface area contributed by atoms with Crippen molar-refractivity contribution < 1.29 is 23.9 Å². The van der Waals surface area contributed by atoms with Crippen molar-refractivity contribution >= 4 is 69.8 Å². The number of rotatable bonds is 6. The van der Waals surface area contributed by atoms with Gasteiger partial charge in [-0.15, -0.1) is 0 Å². The summed E-state index contributed by atoms with van der Waals surface area (Å²) < 4.78 is 10.8. The molecule has 0 atom stereocenters. The molecule has 1 aliphatic heterocycles. The molecule has 0 saturated carbocycles. The minimum Gasteiger partial charge on any atom is -0.493 e. The Morgan fingerprint density at radius 2 is 1.66 bits per heavy atom. The zero-order chi connectivity index (χ0) is 25.1. The van der Waals surface area contributed by atoms with Gasteiger partial charge in [0.05, 0.1) is 24.1 Å². The number of methoxy groups -OCH3 is 1. The maximum absolute atomic E-state index is 13.0. The number of hydrogen-bond donors (Lipinski definition) is 0. The SMILES string of the molecule is COc1ccc(/C=C2\SC(=O)N(Cc3c(Cl)cccc3Cl)C2=O)cc1OC(=O)c1ccc(Cl)cc1. The smallest absolute Gasteiger partial charge is 0.343 e. The maximum Gasteiger partial charge on any atom is 0.343 e. The molecule has 0 aromatic heterocycles. The summed E-state index contributed by atoms with van der Waals surface area (Å²) in [4.78, 5) is 39.3. The lowest BCUT2D eigenvalue weighted by molar-refractivity contribution is -0.123. The van der Waals surface area contributed by atoms with Crippen LogP contribution >= 0.6 is 46.6 Å². The van der Waals surface area contributed by atoms with E-state index in [1.54, 1.807) is 60.7 Å². The Morgan fingerprint density at radius 1 is 0.971 bits per heavy atom. The van der Waals surface area contributed by atoms with Crippen molar-refractivity contribution in [3.05, 3.63) is 97.3 Å². The number of thioether (sulfide) groups is 1. The first-order valence-corrected chi connectivity index (χ1v) is 12.1. The molecule has 4 rings (SSSR count). The van der Waals surface area contributed by atoms with Crippen LogP contribution in [0.5, 0.6) is 11.5 Å². The number of imide groups is 1. The van der Waals surface area contributed by atoms with Gasteiger partial charge in [-0.25, -0.2) is 4.79 Å². The number of amides is 2. The minimum atomic E-state index is -0.603. The zero-order valence-corrected chi connectivity index (χ0v) is 21.2. The lowest BCUT2D eigenvalue weighted by Gasteiger charge is -2.14. The Labute approximate surface area is 220 Å². The first-order valence-electron chi connectivity index (χ1n) is 10.1. The summed E-state index contributed by atoms with van der Waals surface area (Å²) in [5.74, 6) is -0.602. The molecule has 0 spiro atoms. The van der Waals surface area contributed by atoms with Crippen molar-refractivity contribution in [3.63, 3.8) is 0 Å². The normalized spacial score (nSPS) is 14.5. The second-order valence-electron chi connectivity index (χ2n) is 7.27. The first kappa shape index (κ1) is 25.1. The summed E-state index contributed by atoms with van der Waals surface area (Å²) >= 11 is 19.1. The molecule has 178 valence electrons. The summed E-state index contributed by atoms with van der Waals surface area (Å²) in [5.41, 5.74) is 1.33. The molecule has 1 aliphatic rings. The van der Waals surface area contributed by atoms with Gasteiger partial charge in [-0.05, 0) is 71.9 Å². The highest BCUT2D eigenvalue weighted by Gasteiger charge is 2.35. The van der Waals surface area contributed by atoms with Crippen LogP contribution in [0.15, 0.2) is 65.6 Å². The Hall–Kier alpha value is -2.97. The molecule has 3 aromatic carbocycles. The second kappa shape index (κ2) is 10.7. The molecule has 35 heavy (non-hydrogen) atoms. The largest absolute Gasteiger partial charge is 0.493 e.